The largest absolute Gasteiger partial charge is 0.478 e. The lowest BCUT2D eigenvalue weighted by Crippen LogP contribution is -2.15. The maximum Gasteiger partial charge on any atom is 0.336 e. The molecule has 0 radical (unpaired) electrons. The molecule has 0 spiro atoms. The van der Waals surface area contributed by atoms with E-state index in [-0.39, 0.29) is 11.5 Å². The van der Waals surface area contributed by atoms with Crippen molar-refractivity contribution in [2.45, 2.75) is 44.9 Å². The number of rotatable bonds is 5. The third-order valence-electron chi connectivity index (χ3n) is 3.98. The average molecular weight is 354 g/mol. The number of halogens is 1. The maximum atomic E-state index is 12.0. The number of carboxylic acids is 1. The van der Waals surface area contributed by atoms with Crippen molar-refractivity contribution in [3.63, 3.8) is 0 Å². The second-order valence-electron chi connectivity index (χ2n) is 5.59. The Kier molecular flexibility index (Phi) is 5.79. The Balaban J connectivity index is 1.87. The van der Waals surface area contributed by atoms with Gasteiger partial charge in [-0.15, -0.1) is 0 Å². The molecule has 1 aliphatic carbocycles. The van der Waals surface area contributed by atoms with E-state index in [1.54, 1.807) is 12.1 Å². The number of aromatic carboxylic acids is 1. The van der Waals surface area contributed by atoms with Crippen LogP contribution < -0.4 is 5.32 Å². The minimum Gasteiger partial charge on any atom is -0.478 e. The van der Waals surface area contributed by atoms with Gasteiger partial charge in [0, 0.05) is 16.6 Å². The molecule has 0 atom stereocenters. The Bertz CT molecular complexity index is 524. The molecule has 1 aromatic rings. The van der Waals surface area contributed by atoms with Gasteiger partial charge in [0.2, 0.25) is 5.91 Å². The molecule has 1 fully saturated rings. The summed E-state index contributed by atoms with van der Waals surface area (Å²) in [5.74, 6) is -0.386. The Hall–Kier alpha value is -1.36. The van der Waals surface area contributed by atoms with E-state index in [1.165, 1.54) is 38.2 Å². The van der Waals surface area contributed by atoms with E-state index in [0.29, 0.717) is 22.5 Å². The van der Waals surface area contributed by atoms with Crippen LogP contribution in [-0.4, -0.2) is 17.0 Å². The van der Waals surface area contributed by atoms with E-state index in [1.807, 2.05) is 0 Å². The molecule has 1 aliphatic rings. The van der Waals surface area contributed by atoms with Crippen LogP contribution in [0.3, 0.4) is 0 Å². The van der Waals surface area contributed by atoms with Gasteiger partial charge in [-0.3, -0.25) is 4.79 Å². The SMILES string of the molecule is O=C(CCC1CCCCC1)Nc1ccc(Br)c(C(=O)O)c1. The van der Waals surface area contributed by atoms with Crippen molar-refractivity contribution in [1.82, 2.24) is 0 Å². The van der Waals surface area contributed by atoms with Gasteiger partial charge in [-0.1, -0.05) is 32.1 Å². The van der Waals surface area contributed by atoms with E-state index in [4.69, 9.17) is 5.11 Å². The van der Waals surface area contributed by atoms with Gasteiger partial charge in [0.1, 0.15) is 0 Å². The summed E-state index contributed by atoms with van der Waals surface area (Å²) in [6.07, 6.45) is 7.77. The lowest BCUT2D eigenvalue weighted by atomic mass is 9.86. The number of hydrogen-bond donors (Lipinski definition) is 2. The van der Waals surface area contributed by atoms with Crippen LogP contribution in [-0.2, 0) is 4.79 Å². The van der Waals surface area contributed by atoms with Crippen LogP contribution in [0.25, 0.3) is 0 Å². The Morgan fingerprint density at radius 3 is 2.62 bits per heavy atom. The summed E-state index contributed by atoms with van der Waals surface area (Å²) in [5, 5.41) is 11.8. The highest BCUT2D eigenvalue weighted by Gasteiger charge is 2.15. The van der Waals surface area contributed by atoms with Crippen molar-refractivity contribution < 1.29 is 14.7 Å². The number of carbonyl (C=O) groups excluding carboxylic acids is 1. The van der Waals surface area contributed by atoms with E-state index in [0.717, 1.165) is 6.42 Å². The predicted molar refractivity (Wildman–Crippen MR) is 85.5 cm³/mol. The molecule has 1 aromatic carbocycles. The van der Waals surface area contributed by atoms with Gasteiger partial charge in [0.25, 0.3) is 0 Å². The smallest absolute Gasteiger partial charge is 0.336 e. The van der Waals surface area contributed by atoms with Gasteiger partial charge in [-0.25, -0.2) is 4.79 Å². The maximum absolute atomic E-state index is 12.0. The minimum atomic E-state index is -1.01. The number of anilines is 1. The molecule has 2 rings (SSSR count). The molecule has 0 saturated heterocycles. The lowest BCUT2D eigenvalue weighted by molar-refractivity contribution is -0.116. The highest BCUT2D eigenvalue weighted by Crippen LogP contribution is 2.27. The third kappa shape index (κ3) is 4.84. The normalized spacial score (nSPS) is 15.7. The van der Waals surface area contributed by atoms with Gasteiger partial charge in [0.05, 0.1) is 5.56 Å². The number of carbonyl (C=O) groups is 2. The molecular formula is C16H20BrNO3. The fourth-order valence-electron chi connectivity index (χ4n) is 2.80. The number of benzene rings is 1. The molecule has 1 amide bonds. The zero-order valence-electron chi connectivity index (χ0n) is 11.9. The van der Waals surface area contributed by atoms with E-state index >= 15 is 0 Å². The first kappa shape index (κ1) is 16.0. The van der Waals surface area contributed by atoms with Crippen molar-refractivity contribution in [2.24, 2.45) is 5.92 Å². The topological polar surface area (TPSA) is 66.4 Å². The van der Waals surface area contributed by atoms with Gasteiger partial charge in [-0.2, -0.15) is 0 Å². The summed E-state index contributed by atoms with van der Waals surface area (Å²) in [6, 6.07) is 4.82. The molecular weight excluding hydrogens is 334 g/mol. The summed E-state index contributed by atoms with van der Waals surface area (Å²) in [7, 11) is 0. The molecule has 21 heavy (non-hydrogen) atoms. The van der Waals surface area contributed by atoms with Crippen molar-refractivity contribution >= 4 is 33.5 Å². The zero-order valence-corrected chi connectivity index (χ0v) is 13.5. The molecule has 2 N–H and O–H groups in total. The van der Waals surface area contributed by atoms with Crippen LogP contribution in [0.5, 0.6) is 0 Å². The van der Waals surface area contributed by atoms with Crippen molar-refractivity contribution in [3.05, 3.63) is 28.2 Å². The van der Waals surface area contributed by atoms with Crippen LogP contribution in [0.4, 0.5) is 5.69 Å². The summed E-state index contributed by atoms with van der Waals surface area (Å²) in [4.78, 5) is 23.0. The first-order chi connectivity index (χ1) is 10.1. The molecule has 0 aliphatic heterocycles. The minimum absolute atomic E-state index is 0.0424. The molecule has 4 nitrogen and oxygen atoms in total. The monoisotopic (exact) mass is 353 g/mol. The highest BCUT2D eigenvalue weighted by molar-refractivity contribution is 9.10. The van der Waals surface area contributed by atoms with Crippen molar-refractivity contribution in [1.29, 1.82) is 0 Å². The highest BCUT2D eigenvalue weighted by atomic mass is 79.9. The standard InChI is InChI=1S/C16H20BrNO3/c17-14-8-7-12(10-13(14)16(20)21)18-15(19)9-6-11-4-2-1-3-5-11/h7-8,10-11H,1-6,9H2,(H,18,19)(H,20,21). The Labute approximate surface area is 133 Å². The van der Waals surface area contributed by atoms with Crippen LogP contribution >= 0.6 is 15.9 Å². The second-order valence-corrected chi connectivity index (χ2v) is 6.45. The number of hydrogen-bond acceptors (Lipinski definition) is 2. The molecule has 0 aromatic heterocycles. The molecule has 1 saturated carbocycles. The van der Waals surface area contributed by atoms with Crippen LogP contribution in [0, 0.1) is 5.92 Å². The summed E-state index contributed by atoms with van der Waals surface area (Å²) in [6.45, 7) is 0. The summed E-state index contributed by atoms with van der Waals surface area (Å²) in [5.41, 5.74) is 0.685. The number of nitrogens with one attached hydrogen (secondary N) is 1. The van der Waals surface area contributed by atoms with Crippen LogP contribution in [0.15, 0.2) is 22.7 Å². The molecule has 0 unspecified atom stereocenters. The summed E-state index contributed by atoms with van der Waals surface area (Å²) >= 11 is 3.19. The first-order valence-corrected chi connectivity index (χ1v) is 8.18. The fourth-order valence-corrected chi connectivity index (χ4v) is 3.22. The van der Waals surface area contributed by atoms with Crippen molar-refractivity contribution in [2.75, 3.05) is 5.32 Å². The Morgan fingerprint density at radius 1 is 1.24 bits per heavy atom. The average Bonchev–Trinajstić information content (AvgIpc) is 2.48. The first-order valence-electron chi connectivity index (χ1n) is 7.39. The molecule has 0 bridgehead atoms. The molecule has 114 valence electrons. The van der Waals surface area contributed by atoms with Gasteiger partial charge in [0.15, 0.2) is 0 Å². The van der Waals surface area contributed by atoms with E-state index in [2.05, 4.69) is 21.2 Å². The number of amides is 1. The Morgan fingerprint density at radius 2 is 1.95 bits per heavy atom. The molecule has 5 heteroatoms. The van der Waals surface area contributed by atoms with Crippen molar-refractivity contribution in [3.8, 4) is 0 Å². The van der Waals surface area contributed by atoms with E-state index < -0.39 is 5.97 Å². The van der Waals surface area contributed by atoms with Gasteiger partial charge >= 0.3 is 5.97 Å². The lowest BCUT2D eigenvalue weighted by Gasteiger charge is -2.21. The zero-order chi connectivity index (χ0) is 15.2. The van der Waals surface area contributed by atoms with Crippen LogP contribution in [0.1, 0.15) is 55.3 Å². The fraction of sp³-hybridized carbons (Fsp3) is 0.500. The quantitative estimate of drug-likeness (QED) is 0.821. The van der Waals surface area contributed by atoms with Gasteiger partial charge < -0.3 is 10.4 Å². The van der Waals surface area contributed by atoms with Crippen LogP contribution in [0.2, 0.25) is 0 Å². The second kappa shape index (κ2) is 7.59. The number of carboxylic acid groups (broad SMARTS) is 1. The van der Waals surface area contributed by atoms with E-state index in [9.17, 15) is 9.59 Å². The van der Waals surface area contributed by atoms with Gasteiger partial charge in [-0.05, 0) is 46.5 Å². The summed E-state index contributed by atoms with van der Waals surface area (Å²) < 4.78 is 0.509. The molecule has 0 heterocycles. The predicted octanol–water partition coefficient (Wildman–Crippen LogP) is 4.45. The third-order valence-corrected chi connectivity index (χ3v) is 4.68.